The van der Waals surface area contributed by atoms with E-state index < -0.39 is 4.92 Å². The van der Waals surface area contributed by atoms with Gasteiger partial charge in [0, 0.05) is 38.1 Å². The van der Waals surface area contributed by atoms with Crippen molar-refractivity contribution in [3.05, 3.63) is 76.9 Å². The second-order valence-electron chi connectivity index (χ2n) is 7.90. The van der Waals surface area contributed by atoms with Crippen molar-refractivity contribution in [1.82, 2.24) is 14.5 Å². The van der Waals surface area contributed by atoms with Gasteiger partial charge in [-0.2, -0.15) is 4.98 Å². The van der Waals surface area contributed by atoms with Gasteiger partial charge in [0.25, 0.3) is 5.88 Å². The summed E-state index contributed by atoms with van der Waals surface area (Å²) in [4.78, 5) is 21.8. The number of pyridine rings is 1. The van der Waals surface area contributed by atoms with E-state index in [0.29, 0.717) is 5.92 Å². The summed E-state index contributed by atoms with van der Waals surface area (Å²) in [5, 5.41) is 11.4. The van der Waals surface area contributed by atoms with Gasteiger partial charge in [0.05, 0.1) is 11.3 Å². The normalized spacial score (nSPS) is 14.5. The molecule has 8 heteroatoms. The summed E-state index contributed by atoms with van der Waals surface area (Å²) in [6, 6.07) is 12.8. The highest BCUT2D eigenvalue weighted by atomic mass is 16.6. The van der Waals surface area contributed by atoms with Gasteiger partial charge < -0.3 is 14.2 Å². The SMILES string of the molecule is O=[N+]([O-])c1ccc(N2CCC(CCCn3ccnc3)CC2)nc1OCc1ccccc1. The van der Waals surface area contributed by atoms with Gasteiger partial charge in [0.2, 0.25) is 0 Å². The molecule has 0 amide bonds. The molecular weight excluding hydrogens is 394 g/mol. The Balaban J connectivity index is 1.34. The molecule has 0 bridgehead atoms. The van der Waals surface area contributed by atoms with Crippen LogP contribution >= 0.6 is 0 Å². The lowest BCUT2D eigenvalue weighted by Gasteiger charge is -2.33. The van der Waals surface area contributed by atoms with E-state index in [1.807, 2.05) is 49.1 Å². The molecule has 0 atom stereocenters. The second kappa shape index (κ2) is 10.1. The zero-order valence-electron chi connectivity index (χ0n) is 17.5. The number of nitro groups is 1. The molecule has 1 aliphatic heterocycles. The average molecular weight is 422 g/mol. The van der Waals surface area contributed by atoms with Crippen molar-refractivity contribution in [2.24, 2.45) is 5.92 Å². The standard InChI is InChI=1S/C23H27N5O3/c29-28(30)21-8-9-22(25-23(21)31-17-20-5-2-1-3-6-20)27-14-10-19(11-15-27)7-4-13-26-16-12-24-18-26/h1-3,5-6,8-9,12,16,18-19H,4,7,10-11,13-15,17H2. The molecule has 1 saturated heterocycles. The van der Waals surface area contributed by atoms with E-state index in [1.54, 1.807) is 6.07 Å². The maximum Gasteiger partial charge on any atom is 0.331 e. The largest absolute Gasteiger partial charge is 0.468 e. The first-order valence-corrected chi connectivity index (χ1v) is 10.7. The third-order valence-electron chi connectivity index (χ3n) is 5.77. The molecule has 0 N–H and O–H groups in total. The fourth-order valence-corrected chi connectivity index (χ4v) is 4.00. The van der Waals surface area contributed by atoms with Crippen LogP contribution in [0.15, 0.2) is 61.2 Å². The summed E-state index contributed by atoms with van der Waals surface area (Å²) in [6.45, 7) is 3.06. The van der Waals surface area contributed by atoms with Crippen LogP contribution in [-0.4, -0.2) is 32.5 Å². The number of benzene rings is 1. The molecule has 1 aromatic carbocycles. The molecule has 1 fully saturated rings. The Morgan fingerprint density at radius 3 is 2.65 bits per heavy atom. The molecule has 31 heavy (non-hydrogen) atoms. The molecule has 3 heterocycles. The lowest BCUT2D eigenvalue weighted by Crippen LogP contribution is -2.34. The number of hydrogen-bond acceptors (Lipinski definition) is 6. The number of aromatic nitrogens is 3. The van der Waals surface area contributed by atoms with Gasteiger partial charge in [-0.15, -0.1) is 0 Å². The maximum atomic E-state index is 11.4. The number of ether oxygens (including phenoxy) is 1. The molecule has 0 saturated carbocycles. The third kappa shape index (κ3) is 5.59. The van der Waals surface area contributed by atoms with Gasteiger partial charge in [0.1, 0.15) is 12.4 Å². The third-order valence-corrected chi connectivity index (χ3v) is 5.77. The fraction of sp³-hybridized carbons (Fsp3) is 0.391. The molecule has 2 aromatic heterocycles. The molecule has 3 aromatic rings. The van der Waals surface area contributed by atoms with E-state index in [0.717, 1.165) is 50.3 Å². The summed E-state index contributed by atoms with van der Waals surface area (Å²) >= 11 is 0. The maximum absolute atomic E-state index is 11.4. The Bertz CT molecular complexity index is 970. The van der Waals surface area contributed by atoms with E-state index in [-0.39, 0.29) is 18.2 Å². The van der Waals surface area contributed by atoms with E-state index in [1.165, 1.54) is 12.5 Å². The Morgan fingerprint density at radius 2 is 1.94 bits per heavy atom. The van der Waals surface area contributed by atoms with Crippen LogP contribution in [-0.2, 0) is 13.2 Å². The van der Waals surface area contributed by atoms with Crippen LogP contribution in [0.4, 0.5) is 11.5 Å². The van der Waals surface area contributed by atoms with Gasteiger partial charge in [-0.1, -0.05) is 30.3 Å². The number of anilines is 1. The quantitative estimate of drug-likeness (QED) is 0.374. The summed E-state index contributed by atoms with van der Waals surface area (Å²) in [6.07, 6.45) is 10.2. The smallest absolute Gasteiger partial charge is 0.331 e. The van der Waals surface area contributed by atoms with Crippen molar-refractivity contribution >= 4 is 11.5 Å². The molecule has 0 radical (unpaired) electrons. The van der Waals surface area contributed by atoms with Crippen LogP contribution in [0.1, 0.15) is 31.2 Å². The number of imidazole rings is 1. The Hall–Kier alpha value is -3.42. The van der Waals surface area contributed by atoms with Gasteiger partial charge >= 0.3 is 5.69 Å². The van der Waals surface area contributed by atoms with E-state index >= 15 is 0 Å². The highest BCUT2D eigenvalue weighted by Crippen LogP contribution is 2.31. The average Bonchev–Trinajstić information content (AvgIpc) is 3.32. The van der Waals surface area contributed by atoms with Gasteiger partial charge in [0.15, 0.2) is 0 Å². The van der Waals surface area contributed by atoms with E-state index in [4.69, 9.17) is 4.74 Å². The van der Waals surface area contributed by atoms with E-state index in [9.17, 15) is 10.1 Å². The van der Waals surface area contributed by atoms with Crippen LogP contribution in [0.25, 0.3) is 0 Å². The van der Waals surface area contributed by atoms with Gasteiger partial charge in [-0.3, -0.25) is 10.1 Å². The minimum atomic E-state index is -0.441. The summed E-state index contributed by atoms with van der Waals surface area (Å²) in [5.41, 5.74) is 0.842. The predicted octanol–water partition coefficient (Wildman–Crippen LogP) is 4.46. The van der Waals surface area contributed by atoms with Gasteiger partial charge in [-0.25, -0.2) is 4.98 Å². The summed E-state index contributed by atoms with van der Waals surface area (Å²) < 4.78 is 7.86. The van der Waals surface area contributed by atoms with Crippen molar-refractivity contribution in [1.29, 1.82) is 0 Å². The zero-order chi connectivity index (χ0) is 21.5. The first kappa shape index (κ1) is 20.8. The Morgan fingerprint density at radius 1 is 1.13 bits per heavy atom. The molecular formula is C23H27N5O3. The Labute approximate surface area is 181 Å². The van der Waals surface area contributed by atoms with Crippen molar-refractivity contribution in [3.8, 4) is 5.88 Å². The molecule has 0 aliphatic carbocycles. The Kier molecular flexibility index (Phi) is 6.76. The van der Waals surface area contributed by atoms with Crippen LogP contribution in [0.5, 0.6) is 5.88 Å². The monoisotopic (exact) mass is 421 g/mol. The summed E-state index contributed by atoms with van der Waals surface area (Å²) in [7, 11) is 0. The van der Waals surface area contributed by atoms with Crippen molar-refractivity contribution in [2.75, 3.05) is 18.0 Å². The lowest BCUT2D eigenvalue weighted by molar-refractivity contribution is -0.386. The van der Waals surface area contributed by atoms with Crippen LogP contribution < -0.4 is 9.64 Å². The molecule has 8 nitrogen and oxygen atoms in total. The van der Waals surface area contributed by atoms with Crippen molar-refractivity contribution in [3.63, 3.8) is 0 Å². The molecule has 1 aliphatic rings. The molecule has 4 rings (SSSR count). The van der Waals surface area contributed by atoms with E-state index in [2.05, 4.69) is 19.4 Å². The minimum Gasteiger partial charge on any atom is -0.468 e. The number of rotatable bonds is 9. The number of aryl methyl sites for hydroxylation is 1. The van der Waals surface area contributed by atoms with Crippen molar-refractivity contribution < 1.29 is 9.66 Å². The first-order valence-electron chi connectivity index (χ1n) is 10.7. The van der Waals surface area contributed by atoms with Crippen LogP contribution in [0.3, 0.4) is 0 Å². The van der Waals surface area contributed by atoms with Gasteiger partial charge in [-0.05, 0) is 43.2 Å². The molecule has 162 valence electrons. The fourth-order valence-electron chi connectivity index (χ4n) is 4.00. The summed E-state index contributed by atoms with van der Waals surface area (Å²) in [5.74, 6) is 1.52. The van der Waals surface area contributed by atoms with Crippen molar-refractivity contribution in [2.45, 2.75) is 38.8 Å². The predicted molar refractivity (Wildman–Crippen MR) is 118 cm³/mol. The second-order valence-corrected chi connectivity index (χ2v) is 7.90. The van der Waals surface area contributed by atoms with Crippen LogP contribution in [0.2, 0.25) is 0 Å². The number of nitrogens with zero attached hydrogens (tertiary/aromatic N) is 5. The topological polar surface area (TPSA) is 86.3 Å². The highest BCUT2D eigenvalue weighted by Gasteiger charge is 2.23. The number of piperidine rings is 1. The highest BCUT2D eigenvalue weighted by molar-refractivity contribution is 5.50. The molecule has 0 unspecified atom stereocenters. The first-order chi connectivity index (χ1) is 15.2. The lowest BCUT2D eigenvalue weighted by atomic mass is 9.92. The molecule has 0 spiro atoms. The zero-order valence-corrected chi connectivity index (χ0v) is 17.5. The number of hydrogen-bond donors (Lipinski definition) is 0. The van der Waals surface area contributed by atoms with Crippen LogP contribution in [0, 0.1) is 16.0 Å². The minimum absolute atomic E-state index is 0.0776.